The van der Waals surface area contributed by atoms with Gasteiger partial charge >= 0.3 is 0 Å². The molecule has 1 saturated carbocycles. The first-order chi connectivity index (χ1) is 10.6. The lowest BCUT2D eigenvalue weighted by Crippen LogP contribution is -2.48. The van der Waals surface area contributed by atoms with Crippen molar-refractivity contribution >= 4 is 17.5 Å². The molecular formula is C16H20ClNO4. The summed E-state index contributed by atoms with van der Waals surface area (Å²) in [7, 11) is 0. The number of benzene rings is 1. The van der Waals surface area contributed by atoms with E-state index in [1.807, 2.05) is 0 Å². The highest BCUT2D eigenvalue weighted by atomic mass is 35.5. The van der Waals surface area contributed by atoms with E-state index in [-0.39, 0.29) is 18.6 Å². The van der Waals surface area contributed by atoms with Gasteiger partial charge in [-0.05, 0) is 37.3 Å². The van der Waals surface area contributed by atoms with E-state index in [1.54, 1.807) is 18.2 Å². The van der Waals surface area contributed by atoms with Crippen molar-refractivity contribution in [2.24, 2.45) is 5.92 Å². The Bertz CT molecular complexity index is 547. The predicted octanol–water partition coefficient (Wildman–Crippen LogP) is 2.01. The van der Waals surface area contributed by atoms with E-state index in [1.165, 1.54) is 12.8 Å². The van der Waals surface area contributed by atoms with Crippen LogP contribution in [0, 0.1) is 5.92 Å². The molecule has 120 valence electrons. The summed E-state index contributed by atoms with van der Waals surface area (Å²) in [4.78, 5) is 12.5. The second-order valence-electron chi connectivity index (χ2n) is 5.88. The quantitative estimate of drug-likeness (QED) is 0.869. The van der Waals surface area contributed by atoms with Gasteiger partial charge in [0.25, 0.3) is 5.91 Å². The molecule has 2 atom stereocenters. The molecule has 1 amide bonds. The predicted molar refractivity (Wildman–Crippen MR) is 82.4 cm³/mol. The second kappa shape index (κ2) is 6.86. The number of nitrogens with one attached hydrogen (secondary N) is 1. The van der Waals surface area contributed by atoms with Gasteiger partial charge in [-0.25, -0.2) is 0 Å². The molecule has 0 radical (unpaired) electrons. The molecule has 1 aliphatic heterocycles. The highest BCUT2D eigenvalue weighted by Crippen LogP contribution is 2.32. The van der Waals surface area contributed by atoms with Crippen LogP contribution in [0.2, 0.25) is 5.02 Å². The molecule has 22 heavy (non-hydrogen) atoms. The lowest BCUT2D eigenvalue weighted by molar-refractivity contribution is -0.0261. The van der Waals surface area contributed by atoms with E-state index < -0.39 is 6.10 Å². The highest BCUT2D eigenvalue weighted by Gasteiger charge is 2.28. The van der Waals surface area contributed by atoms with Crippen molar-refractivity contribution < 1.29 is 19.4 Å². The van der Waals surface area contributed by atoms with Gasteiger partial charge in [0.1, 0.15) is 5.75 Å². The van der Waals surface area contributed by atoms with Gasteiger partial charge in [-0.1, -0.05) is 17.7 Å². The smallest absolute Gasteiger partial charge is 0.256 e. The number of hydrogen-bond acceptors (Lipinski definition) is 4. The molecule has 0 aromatic heterocycles. The van der Waals surface area contributed by atoms with E-state index in [0.29, 0.717) is 41.9 Å². The van der Waals surface area contributed by atoms with Crippen molar-refractivity contribution in [3.05, 3.63) is 28.8 Å². The standard InChI is InChI=1S/C16H20ClNO4/c17-11-2-1-3-14(22-8-10-4-5-10)15(11)16(20)18-12-6-7-21-9-13(12)19/h1-3,10,12-13,19H,4-9H2,(H,18,20)/t12-,13-/m1/s1. The summed E-state index contributed by atoms with van der Waals surface area (Å²) < 4.78 is 10.9. The third-order valence-corrected chi connectivity index (χ3v) is 4.33. The number of carbonyl (C=O) groups is 1. The Morgan fingerprint density at radius 1 is 1.41 bits per heavy atom. The Balaban J connectivity index is 1.72. The van der Waals surface area contributed by atoms with E-state index in [0.717, 1.165) is 0 Å². The van der Waals surface area contributed by atoms with Crippen molar-refractivity contribution in [2.45, 2.75) is 31.4 Å². The highest BCUT2D eigenvalue weighted by molar-refractivity contribution is 6.34. The lowest BCUT2D eigenvalue weighted by Gasteiger charge is -2.28. The number of ether oxygens (including phenoxy) is 2. The maximum Gasteiger partial charge on any atom is 0.256 e. The molecule has 1 aromatic carbocycles. The van der Waals surface area contributed by atoms with Crippen LogP contribution in [0.15, 0.2) is 18.2 Å². The Hall–Kier alpha value is -1.30. The third kappa shape index (κ3) is 3.72. The average molecular weight is 326 g/mol. The maximum absolute atomic E-state index is 12.5. The molecule has 0 spiro atoms. The van der Waals surface area contributed by atoms with Crippen molar-refractivity contribution in [1.29, 1.82) is 0 Å². The van der Waals surface area contributed by atoms with Gasteiger partial charge < -0.3 is 19.9 Å². The first kappa shape index (κ1) is 15.6. The van der Waals surface area contributed by atoms with Crippen LogP contribution in [0.5, 0.6) is 5.75 Å². The fraction of sp³-hybridized carbons (Fsp3) is 0.562. The van der Waals surface area contributed by atoms with Crippen LogP contribution in [0.1, 0.15) is 29.6 Å². The van der Waals surface area contributed by atoms with E-state index >= 15 is 0 Å². The molecule has 0 unspecified atom stereocenters. The molecule has 3 rings (SSSR count). The summed E-state index contributed by atoms with van der Waals surface area (Å²) in [6, 6.07) is 4.86. The van der Waals surface area contributed by atoms with Gasteiger partial charge in [0.2, 0.25) is 0 Å². The number of rotatable bonds is 5. The Morgan fingerprint density at radius 3 is 2.95 bits per heavy atom. The number of carbonyl (C=O) groups excluding carboxylic acids is 1. The fourth-order valence-corrected chi connectivity index (χ4v) is 2.72. The maximum atomic E-state index is 12.5. The van der Waals surface area contributed by atoms with Crippen LogP contribution in [0.25, 0.3) is 0 Å². The van der Waals surface area contributed by atoms with Crippen LogP contribution in [0.3, 0.4) is 0 Å². The molecule has 1 saturated heterocycles. The third-order valence-electron chi connectivity index (χ3n) is 4.02. The molecule has 1 aliphatic carbocycles. The minimum atomic E-state index is -0.698. The molecule has 2 fully saturated rings. The minimum absolute atomic E-state index is 0.235. The van der Waals surface area contributed by atoms with Crippen LogP contribution in [0.4, 0.5) is 0 Å². The van der Waals surface area contributed by atoms with Gasteiger partial charge in [0.15, 0.2) is 0 Å². The SMILES string of the molecule is O=C(N[C@@H]1CCOC[C@H]1O)c1c(Cl)cccc1OCC1CC1. The average Bonchev–Trinajstić information content (AvgIpc) is 3.31. The number of hydrogen-bond donors (Lipinski definition) is 2. The van der Waals surface area contributed by atoms with Gasteiger partial charge in [-0.15, -0.1) is 0 Å². The minimum Gasteiger partial charge on any atom is -0.492 e. The number of amides is 1. The molecule has 1 heterocycles. The van der Waals surface area contributed by atoms with Crippen molar-refractivity contribution in [2.75, 3.05) is 19.8 Å². The topological polar surface area (TPSA) is 67.8 Å². The van der Waals surface area contributed by atoms with Crippen molar-refractivity contribution in [3.63, 3.8) is 0 Å². The second-order valence-corrected chi connectivity index (χ2v) is 6.29. The fourth-order valence-electron chi connectivity index (χ4n) is 2.47. The number of aliphatic hydroxyl groups excluding tert-OH is 1. The van der Waals surface area contributed by atoms with Crippen LogP contribution in [-0.2, 0) is 4.74 Å². The molecule has 2 aliphatic rings. The monoisotopic (exact) mass is 325 g/mol. The Labute approximate surface area is 134 Å². The molecule has 6 heteroatoms. The van der Waals surface area contributed by atoms with E-state index in [2.05, 4.69) is 5.32 Å². The van der Waals surface area contributed by atoms with E-state index in [9.17, 15) is 9.90 Å². The van der Waals surface area contributed by atoms with Gasteiger partial charge in [-0.3, -0.25) is 4.79 Å². The first-order valence-electron chi connectivity index (χ1n) is 7.63. The molecular weight excluding hydrogens is 306 g/mol. The van der Waals surface area contributed by atoms with Crippen LogP contribution in [-0.4, -0.2) is 43.0 Å². The van der Waals surface area contributed by atoms with Gasteiger partial charge in [0, 0.05) is 6.61 Å². The molecule has 1 aromatic rings. The van der Waals surface area contributed by atoms with Crippen LogP contribution < -0.4 is 10.1 Å². The van der Waals surface area contributed by atoms with E-state index in [4.69, 9.17) is 21.1 Å². The molecule has 0 bridgehead atoms. The van der Waals surface area contributed by atoms with Crippen molar-refractivity contribution in [1.82, 2.24) is 5.32 Å². The van der Waals surface area contributed by atoms with Crippen molar-refractivity contribution in [3.8, 4) is 5.75 Å². The Kier molecular flexibility index (Phi) is 4.86. The summed E-state index contributed by atoms with van der Waals surface area (Å²) in [6.45, 7) is 1.37. The zero-order valence-corrected chi connectivity index (χ0v) is 13.0. The summed E-state index contributed by atoms with van der Waals surface area (Å²) in [5.74, 6) is 0.771. The number of halogens is 1. The zero-order chi connectivity index (χ0) is 15.5. The Morgan fingerprint density at radius 2 is 2.23 bits per heavy atom. The molecule has 2 N–H and O–H groups in total. The normalized spacial score (nSPS) is 24.8. The number of aliphatic hydroxyl groups is 1. The van der Waals surface area contributed by atoms with Gasteiger partial charge in [0.05, 0.1) is 35.9 Å². The largest absolute Gasteiger partial charge is 0.492 e. The van der Waals surface area contributed by atoms with Crippen LogP contribution >= 0.6 is 11.6 Å². The summed E-state index contributed by atoms with van der Waals surface area (Å²) in [6.07, 6.45) is 2.23. The zero-order valence-electron chi connectivity index (χ0n) is 12.3. The summed E-state index contributed by atoms with van der Waals surface area (Å²) in [5, 5.41) is 13.1. The summed E-state index contributed by atoms with van der Waals surface area (Å²) >= 11 is 6.18. The molecule has 5 nitrogen and oxygen atoms in total. The summed E-state index contributed by atoms with van der Waals surface area (Å²) in [5.41, 5.74) is 0.337. The first-order valence-corrected chi connectivity index (χ1v) is 8.01. The van der Waals surface area contributed by atoms with Gasteiger partial charge in [-0.2, -0.15) is 0 Å². The lowest BCUT2D eigenvalue weighted by atomic mass is 10.1.